The van der Waals surface area contributed by atoms with Crippen molar-refractivity contribution in [2.75, 3.05) is 0 Å². The molecule has 2 aliphatic carbocycles. The number of allylic oxidation sites excluding steroid dienone is 7. The number of nitrogens with one attached hydrogen (secondary N) is 1. The van der Waals surface area contributed by atoms with Gasteiger partial charge in [-0.3, -0.25) is 4.98 Å². The van der Waals surface area contributed by atoms with E-state index in [-0.39, 0.29) is 1.43 Å². The molecule has 1 N–H and O–H groups in total. The fourth-order valence-corrected chi connectivity index (χ4v) is 4.65. The van der Waals surface area contributed by atoms with Gasteiger partial charge in [-0.2, -0.15) is 0 Å². The molecule has 1 unspecified atom stereocenters. The summed E-state index contributed by atoms with van der Waals surface area (Å²) in [6, 6.07) is 4.22. The second-order valence-electron chi connectivity index (χ2n) is 8.91. The first-order valence-electron chi connectivity index (χ1n) is 13.9. The van der Waals surface area contributed by atoms with Gasteiger partial charge in [0.15, 0.2) is 0 Å². The number of aromatic nitrogens is 1. The first-order chi connectivity index (χ1) is 16.7. The predicted molar refractivity (Wildman–Crippen MR) is 155 cm³/mol. The highest BCUT2D eigenvalue weighted by atomic mass is 14.7. The predicted octanol–water partition coefficient (Wildman–Crippen LogP) is 10.2. The van der Waals surface area contributed by atoms with E-state index in [2.05, 4.69) is 48.8 Å². The topological polar surface area (TPSA) is 36.7 Å². The van der Waals surface area contributed by atoms with Crippen LogP contribution in [0.3, 0.4) is 0 Å². The molecule has 0 aliphatic heterocycles. The van der Waals surface area contributed by atoms with E-state index in [0.717, 1.165) is 48.4 Å². The molecule has 3 rings (SSSR count). The van der Waals surface area contributed by atoms with E-state index in [4.69, 9.17) is 5.41 Å². The van der Waals surface area contributed by atoms with Crippen molar-refractivity contribution in [1.82, 2.24) is 4.98 Å². The lowest BCUT2D eigenvalue weighted by molar-refractivity contribution is 0.403. The normalized spacial score (nSPS) is 18.1. The maximum atomic E-state index is 8.49. The van der Waals surface area contributed by atoms with Crippen LogP contribution in [-0.2, 0) is 6.42 Å². The zero-order valence-corrected chi connectivity index (χ0v) is 22.7. The maximum absolute atomic E-state index is 8.49. The van der Waals surface area contributed by atoms with Gasteiger partial charge in [-0.15, -0.1) is 0 Å². The van der Waals surface area contributed by atoms with Crippen LogP contribution in [0.15, 0.2) is 60.9 Å². The number of aryl methyl sites for hydroxylation is 1. The molecule has 0 saturated heterocycles. The van der Waals surface area contributed by atoms with Crippen LogP contribution in [0, 0.1) is 17.2 Å². The third kappa shape index (κ3) is 10.4. The van der Waals surface area contributed by atoms with Crippen molar-refractivity contribution in [3.05, 3.63) is 72.1 Å². The highest BCUT2D eigenvalue weighted by Gasteiger charge is 2.19. The SMILES string of the molecule is C=C/C(=C\C(=N)CCC1C=C(C2CCCCC2)C=CC1)c1ccc(CCCC)nc1.CC.CC.[HH]. The number of hydrogen-bond acceptors (Lipinski definition) is 2. The van der Waals surface area contributed by atoms with Gasteiger partial charge >= 0.3 is 0 Å². The van der Waals surface area contributed by atoms with Crippen molar-refractivity contribution in [3.63, 3.8) is 0 Å². The summed E-state index contributed by atoms with van der Waals surface area (Å²) in [6.07, 6.45) is 26.2. The minimum atomic E-state index is 0. The number of pyridine rings is 1. The van der Waals surface area contributed by atoms with Crippen molar-refractivity contribution in [1.29, 1.82) is 5.41 Å². The Kier molecular flexibility index (Phi) is 15.9. The molecule has 1 atom stereocenters. The Morgan fingerprint density at radius 2 is 1.88 bits per heavy atom. The van der Waals surface area contributed by atoms with Gasteiger partial charge in [0, 0.05) is 24.6 Å². The molecule has 1 heterocycles. The molecule has 1 fully saturated rings. The average Bonchev–Trinajstić information content (AvgIpc) is 2.92. The van der Waals surface area contributed by atoms with Gasteiger partial charge in [0.05, 0.1) is 0 Å². The van der Waals surface area contributed by atoms with Crippen molar-refractivity contribution < 1.29 is 1.43 Å². The standard InChI is InChI=1S/C28H38N2.2C2H6.H2/c1-3-5-14-28-18-16-26(21-30-28)23(4-2)20-27(29)17-15-22-10-9-13-25(19-22)24-11-7-6-8-12-24;2*1-2;/h4,9,13,16,18-22,24,29H,2-3,5-8,10-12,14-15,17H2,1H3;2*1-2H3;1H/b23-20+,29-27?;;;. The zero-order valence-electron chi connectivity index (χ0n) is 22.7. The molecule has 190 valence electrons. The van der Waals surface area contributed by atoms with Gasteiger partial charge in [0.2, 0.25) is 0 Å². The van der Waals surface area contributed by atoms with Crippen LogP contribution >= 0.6 is 0 Å². The Morgan fingerprint density at radius 1 is 1.15 bits per heavy atom. The minimum Gasteiger partial charge on any atom is -0.305 e. The molecule has 1 aromatic rings. The summed E-state index contributed by atoms with van der Waals surface area (Å²) < 4.78 is 0. The monoisotopic (exact) mass is 464 g/mol. The second-order valence-corrected chi connectivity index (χ2v) is 8.91. The minimum absolute atomic E-state index is 0. The second kappa shape index (κ2) is 18.2. The Balaban J connectivity index is 0.00000220. The van der Waals surface area contributed by atoms with E-state index >= 15 is 0 Å². The number of unbranched alkanes of at least 4 members (excludes halogenated alkanes) is 1. The smallest absolute Gasteiger partial charge is 0.0404 e. The lowest BCUT2D eigenvalue weighted by Crippen LogP contribution is -2.12. The average molecular weight is 465 g/mol. The fraction of sp³-hybridized carbons (Fsp3) is 0.562. The Morgan fingerprint density at radius 3 is 2.50 bits per heavy atom. The molecule has 0 aromatic carbocycles. The van der Waals surface area contributed by atoms with Gasteiger partial charge in [-0.05, 0) is 80.1 Å². The summed E-state index contributed by atoms with van der Waals surface area (Å²) in [4.78, 5) is 4.59. The number of rotatable bonds is 10. The molecule has 0 spiro atoms. The Hall–Kier alpha value is -2.22. The molecule has 34 heavy (non-hydrogen) atoms. The van der Waals surface area contributed by atoms with E-state index in [9.17, 15) is 0 Å². The van der Waals surface area contributed by atoms with Crippen LogP contribution in [0.25, 0.3) is 5.57 Å². The number of hydrogen-bond donors (Lipinski definition) is 1. The molecular formula is C32H52N2. The molecule has 0 radical (unpaired) electrons. The van der Waals surface area contributed by atoms with E-state index < -0.39 is 0 Å². The summed E-state index contributed by atoms with van der Waals surface area (Å²) in [5, 5.41) is 8.49. The van der Waals surface area contributed by atoms with Crippen LogP contribution in [0.5, 0.6) is 0 Å². The van der Waals surface area contributed by atoms with E-state index in [1.807, 2.05) is 46.0 Å². The zero-order chi connectivity index (χ0) is 25.2. The first kappa shape index (κ1) is 29.8. The highest BCUT2D eigenvalue weighted by molar-refractivity contribution is 6.00. The highest BCUT2D eigenvalue weighted by Crippen LogP contribution is 2.34. The quantitative estimate of drug-likeness (QED) is 0.271. The van der Waals surface area contributed by atoms with Gasteiger partial charge in [-0.25, -0.2) is 0 Å². The molecule has 0 amide bonds. The van der Waals surface area contributed by atoms with E-state index in [0.29, 0.717) is 11.6 Å². The largest absolute Gasteiger partial charge is 0.305 e. The molecule has 0 bridgehead atoms. The van der Waals surface area contributed by atoms with Gasteiger partial charge < -0.3 is 5.41 Å². The third-order valence-corrected chi connectivity index (χ3v) is 6.53. The fourth-order valence-electron chi connectivity index (χ4n) is 4.65. The lowest BCUT2D eigenvalue weighted by Gasteiger charge is -2.26. The first-order valence-corrected chi connectivity index (χ1v) is 13.9. The summed E-state index contributed by atoms with van der Waals surface area (Å²) in [6.45, 7) is 14.2. The van der Waals surface area contributed by atoms with Crippen molar-refractivity contribution in [2.24, 2.45) is 11.8 Å². The van der Waals surface area contributed by atoms with E-state index in [1.165, 1.54) is 44.9 Å². The number of nitrogens with zero attached hydrogens (tertiary/aromatic N) is 1. The Bertz CT molecular complexity index is 795. The van der Waals surface area contributed by atoms with Crippen molar-refractivity contribution in [2.45, 2.75) is 105 Å². The molecule has 1 aromatic heterocycles. The van der Waals surface area contributed by atoms with Gasteiger partial charge in [-0.1, -0.05) is 97.3 Å². The van der Waals surface area contributed by atoms with Crippen LogP contribution in [0.4, 0.5) is 0 Å². The Labute approximate surface area is 212 Å². The van der Waals surface area contributed by atoms with E-state index in [1.54, 1.807) is 5.57 Å². The third-order valence-electron chi connectivity index (χ3n) is 6.53. The van der Waals surface area contributed by atoms with Crippen LogP contribution < -0.4 is 0 Å². The van der Waals surface area contributed by atoms with Gasteiger partial charge in [0.25, 0.3) is 0 Å². The van der Waals surface area contributed by atoms with Gasteiger partial charge in [0.1, 0.15) is 0 Å². The van der Waals surface area contributed by atoms with Crippen LogP contribution in [0.1, 0.15) is 112 Å². The molecule has 2 aliphatic rings. The summed E-state index contributed by atoms with van der Waals surface area (Å²) in [7, 11) is 0. The molecular weight excluding hydrogens is 412 g/mol. The summed E-state index contributed by atoms with van der Waals surface area (Å²) in [5.74, 6) is 1.35. The maximum Gasteiger partial charge on any atom is 0.0404 e. The van der Waals surface area contributed by atoms with Crippen molar-refractivity contribution in [3.8, 4) is 0 Å². The summed E-state index contributed by atoms with van der Waals surface area (Å²) in [5.41, 5.74) is 5.44. The van der Waals surface area contributed by atoms with Crippen LogP contribution in [0.2, 0.25) is 0 Å². The molecule has 2 nitrogen and oxygen atoms in total. The van der Waals surface area contributed by atoms with Crippen molar-refractivity contribution >= 4 is 11.3 Å². The summed E-state index contributed by atoms with van der Waals surface area (Å²) >= 11 is 0. The molecule has 2 heteroatoms. The van der Waals surface area contributed by atoms with Crippen LogP contribution in [-0.4, -0.2) is 10.7 Å². The lowest BCUT2D eigenvalue weighted by atomic mass is 9.79. The molecule has 1 saturated carbocycles.